The Hall–Kier alpha value is -3.29. The fraction of sp³-hybridized carbons (Fsp3) is 0.429. The second-order valence-corrected chi connectivity index (χ2v) is 10.5. The van der Waals surface area contributed by atoms with Gasteiger partial charge in [0.15, 0.2) is 0 Å². The Labute approximate surface area is 208 Å². The average molecular weight is 502 g/mol. The molecule has 0 saturated heterocycles. The van der Waals surface area contributed by atoms with Crippen LogP contribution in [0.1, 0.15) is 63.1 Å². The first-order chi connectivity index (χ1) is 16.8. The number of halogens is 3. The Morgan fingerprint density at radius 3 is 2.14 bits per heavy atom. The summed E-state index contributed by atoms with van der Waals surface area (Å²) in [6, 6.07) is 14.4. The lowest BCUT2D eigenvalue weighted by atomic mass is 9.57. The van der Waals surface area contributed by atoms with Crippen molar-refractivity contribution >= 4 is 17.6 Å². The van der Waals surface area contributed by atoms with E-state index in [0.29, 0.717) is 12.8 Å². The lowest BCUT2D eigenvalue weighted by Crippen LogP contribution is -2.58. The van der Waals surface area contributed by atoms with Crippen LogP contribution in [0.5, 0.6) is 0 Å². The van der Waals surface area contributed by atoms with Crippen molar-refractivity contribution in [1.29, 1.82) is 0 Å². The number of esters is 1. The minimum absolute atomic E-state index is 0.0305. The second-order valence-electron chi connectivity index (χ2n) is 10.5. The average Bonchev–Trinajstić information content (AvgIpc) is 2.82. The maximum Gasteiger partial charge on any atom is 0.416 e. The fourth-order valence-electron chi connectivity index (χ4n) is 5.04. The normalized spacial score (nSPS) is 23.6. The molecule has 2 bridgehead atoms. The maximum absolute atomic E-state index is 14.0. The van der Waals surface area contributed by atoms with Crippen LogP contribution >= 0.6 is 0 Å². The molecule has 3 aliphatic carbocycles. The summed E-state index contributed by atoms with van der Waals surface area (Å²) < 4.78 is 53.0. The molecule has 192 valence electrons. The number of nitrogens with one attached hydrogen (secondary N) is 1. The molecule has 36 heavy (non-hydrogen) atoms. The van der Waals surface area contributed by atoms with Crippen LogP contribution in [-0.4, -0.2) is 23.2 Å². The SMILES string of the molecule is CC(C)(C)OC(=O)C12C=C(c3ccccc3C(F)(F)F)C(NC(=O)OCc3ccccc3)(CC1)CC2. The summed E-state index contributed by atoms with van der Waals surface area (Å²) in [5.41, 5.74) is -2.70. The van der Waals surface area contributed by atoms with Gasteiger partial charge in [0, 0.05) is 0 Å². The zero-order chi connectivity index (χ0) is 26.2. The van der Waals surface area contributed by atoms with Gasteiger partial charge in [-0.3, -0.25) is 4.79 Å². The molecule has 0 radical (unpaired) electrons. The van der Waals surface area contributed by atoms with E-state index in [0.717, 1.165) is 11.6 Å². The lowest BCUT2D eigenvalue weighted by Gasteiger charge is -2.51. The third kappa shape index (κ3) is 5.27. The van der Waals surface area contributed by atoms with E-state index < -0.39 is 40.4 Å². The molecule has 0 heterocycles. The van der Waals surface area contributed by atoms with Crippen LogP contribution in [0.15, 0.2) is 60.7 Å². The number of ether oxygens (including phenoxy) is 2. The van der Waals surface area contributed by atoms with E-state index in [1.54, 1.807) is 26.8 Å². The number of carbonyl (C=O) groups excluding carboxylic acids is 2. The van der Waals surface area contributed by atoms with Crippen LogP contribution in [-0.2, 0) is 27.1 Å². The molecule has 1 fully saturated rings. The van der Waals surface area contributed by atoms with E-state index in [-0.39, 0.29) is 30.6 Å². The standard InChI is InChI=1S/C28H30F3NO4/c1-25(2,3)36-23(33)26-13-15-27(16-14-26,32-24(34)35-18-19-9-5-4-6-10-19)22(17-26)20-11-7-8-12-21(20)28(29,30)31/h4-12,17H,13-16,18H2,1-3H3,(H,32,34). The molecule has 5 rings (SSSR count). The highest BCUT2D eigenvalue weighted by Crippen LogP contribution is 2.56. The number of rotatable bonds is 5. The Kier molecular flexibility index (Phi) is 6.66. The third-order valence-electron chi connectivity index (χ3n) is 6.81. The van der Waals surface area contributed by atoms with Crippen molar-refractivity contribution in [2.24, 2.45) is 5.41 Å². The molecule has 1 saturated carbocycles. The van der Waals surface area contributed by atoms with Gasteiger partial charge in [0.2, 0.25) is 0 Å². The van der Waals surface area contributed by atoms with Gasteiger partial charge in [-0.25, -0.2) is 4.79 Å². The van der Waals surface area contributed by atoms with E-state index >= 15 is 0 Å². The molecule has 0 unspecified atom stereocenters. The van der Waals surface area contributed by atoms with Crippen molar-refractivity contribution in [3.63, 3.8) is 0 Å². The quantitative estimate of drug-likeness (QED) is 0.465. The number of benzene rings is 2. The molecule has 3 aliphatic rings. The molecule has 0 aliphatic heterocycles. The number of fused-ring (bicyclic) bond motifs is 2. The summed E-state index contributed by atoms with van der Waals surface area (Å²) >= 11 is 0. The van der Waals surface area contributed by atoms with Crippen molar-refractivity contribution in [2.45, 2.75) is 70.4 Å². The number of hydrogen-bond donors (Lipinski definition) is 1. The molecule has 1 amide bonds. The van der Waals surface area contributed by atoms with Crippen molar-refractivity contribution in [2.75, 3.05) is 0 Å². The Bertz CT molecular complexity index is 1160. The highest BCUT2D eigenvalue weighted by molar-refractivity contribution is 5.90. The van der Waals surface area contributed by atoms with Crippen LogP contribution in [0.4, 0.5) is 18.0 Å². The zero-order valence-corrected chi connectivity index (χ0v) is 20.6. The minimum atomic E-state index is -4.61. The number of alkyl carbamates (subject to hydrolysis) is 1. The first-order valence-corrected chi connectivity index (χ1v) is 12.0. The molecule has 0 aromatic heterocycles. The highest BCUT2D eigenvalue weighted by atomic mass is 19.4. The molecule has 8 heteroatoms. The second kappa shape index (κ2) is 9.30. The van der Waals surface area contributed by atoms with E-state index in [1.807, 2.05) is 30.3 Å². The van der Waals surface area contributed by atoms with E-state index in [4.69, 9.17) is 9.47 Å². The molecule has 0 spiro atoms. The molecular formula is C28H30F3NO4. The summed E-state index contributed by atoms with van der Waals surface area (Å²) in [6.07, 6.45) is -2.48. The predicted molar refractivity (Wildman–Crippen MR) is 129 cm³/mol. The summed E-state index contributed by atoms with van der Waals surface area (Å²) in [5.74, 6) is -0.461. The Balaban J connectivity index is 1.71. The maximum atomic E-state index is 14.0. The monoisotopic (exact) mass is 501 g/mol. The van der Waals surface area contributed by atoms with Gasteiger partial charge in [0.1, 0.15) is 12.2 Å². The zero-order valence-electron chi connectivity index (χ0n) is 20.6. The Morgan fingerprint density at radius 2 is 1.53 bits per heavy atom. The van der Waals surface area contributed by atoms with Gasteiger partial charge in [-0.1, -0.05) is 54.6 Å². The van der Waals surface area contributed by atoms with Gasteiger partial charge in [0.05, 0.1) is 16.5 Å². The number of alkyl halides is 3. The molecule has 2 aromatic carbocycles. The summed E-state index contributed by atoms with van der Waals surface area (Å²) in [7, 11) is 0. The van der Waals surface area contributed by atoms with Crippen molar-refractivity contribution in [3.8, 4) is 0 Å². The van der Waals surface area contributed by atoms with Crippen LogP contribution < -0.4 is 5.32 Å². The van der Waals surface area contributed by atoms with Crippen LogP contribution in [0, 0.1) is 5.41 Å². The number of amides is 1. The van der Waals surface area contributed by atoms with Crippen LogP contribution in [0.3, 0.4) is 0 Å². The molecule has 2 aromatic rings. The van der Waals surface area contributed by atoms with Gasteiger partial charge in [-0.2, -0.15) is 13.2 Å². The summed E-state index contributed by atoms with van der Waals surface area (Å²) in [6.45, 7) is 5.30. The first kappa shape index (κ1) is 25.8. The number of carbonyl (C=O) groups is 2. The summed E-state index contributed by atoms with van der Waals surface area (Å²) in [5, 5.41) is 2.87. The van der Waals surface area contributed by atoms with Crippen LogP contribution in [0.25, 0.3) is 5.57 Å². The van der Waals surface area contributed by atoms with Gasteiger partial charge < -0.3 is 14.8 Å². The lowest BCUT2D eigenvalue weighted by molar-refractivity contribution is -0.167. The number of hydrogen-bond acceptors (Lipinski definition) is 4. The topological polar surface area (TPSA) is 64.6 Å². The molecule has 1 N–H and O–H groups in total. The smallest absolute Gasteiger partial charge is 0.416 e. The summed E-state index contributed by atoms with van der Waals surface area (Å²) in [4.78, 5) is 26.1. The van der Waals surface area contributed by atoms with Gasteiger partial charge >= 0.3 is 18.2 Å². The minimum Gasteiger partial charge on any atom is -0.459 e. The van der Waals surface area contributed by atoms with Crippen LogP contribution in [0.2, 0.25) is 0 Å². The molecular weight excluding hydrogens is 471 g/mol. The van der Waals surface area contributed by atoms with E-state index in [9.17, 15) is 22.8 Å². The fourth-order valence-corrected chi connectivity index (χ4v) is 5.04. The van der Waals surface area contributed by atoms with Gasteiger partial charge in [-0.05, 0) is 69.2 Å². The van der Waals surface area contributed by atoms with Crippen molar-refractivity contribution in [1.82, 2.24) is 5.32 Å². The largest absolute Gasteiger partial charge is 0.459 e. The first-order valence-electron chi connectivity index (χ1n) is 12.0. The Morgan fingerprint density at radius 1 is 0.917 bits per heavy atom. The third-order valence-corrected chi connectivity index (χ3v) is 6.81. The van der Waals surface area contributed by atoms with Gasteiger partial charge in [-0.15, -0.1) is 0 Å². The highest BCUT2D eigenvalue weighted by Gasteiger charge is 2.56. The van der Waals surface area contributed by atoms with Crippen molar-refractivity contribution < 1.29 is 32.2 Å². The van der Waals surface area contributed by atoms with Crippen molar-refractivity contribution in [3.05, 3.63) is 77.4 Å². The van der Waals surface area contributed by atoms with E-state index in [1.165, 1.54) is 18.2 Å². The van der Waals surface area contributed by atoms with Gasteiger partial charge in [0.25, 0.3) is 0 Å². The van der Waals surface area contributed by atoms with E-state index in [2.05, 4.69) is 5.32 Å². The predicted octanol–water partition coefficient (Wildman–Crippen LogP) is 6.67. The molecule has 5 nitrogen and oxygen atoms in total. The molecule has 0 atom stereocenters.